The van der Waals surface area contributed by atoms with E-state index in [2.05, 4.69) is 21.4 Å². The molecular weight excluding hydrogens is 180 g/mol. The van der Waals surface area contributed by atoms with Gasteiger partial charge in [-0.05, 0) is 30.2 Å². The van der Waals surface area contributed by atoms with Gasteiger partial charge in [-0.1, -0.05) is 18.2 Å². The number of aliphatic imine (C=N–C) groups is 1. The average Bonchev–Trinajstić information content (AvgIpc) is 2.21. The van der Waals surface area contributed by atoms with Gasteiger partial charge in [0.15, 0.2) is 0 Å². The molecule has 0 atom stereocenters. The molecule has 0 saturated carbocycles. The summed E-state index contributed by atoms with van der Waals surface area (Å²) in [6, 6.07) is 10.3. The van der Waals surface area contributed by atoms with Gasteiger partial charge in [0.05, 0.1) is 6.54 Å². The summed E-state index contributed by atoms with van der Waals surface area (Å²) in [4.78, 5) is 5.29. The maximum atomic E-state index is 4.05. The van der Waals surface area contributed by atoms with Gasteiger partial charge < -0.3 is 0 Å². The Kier molecular flexibility index (Phi) is 2.67. The van der Waals surface area contributed by atoms with Gasteiger partial charge in [-0.15, -0.1) is 0 Å². The first kappa shape index (κ1) is 8.38. The van der Waals surface area contributed by atoms with Crippen molar-refractivity contribution in [1.82, 2.24) is 4.31 Å². The maximum absolute atomic E-state index is 4.05. The smallest absolute Gasteiger partial charge is 0.101 e. The van der Waals surface area contributed by atoms with E-state index in [0.717, 1.165) is 6.54 Å². The molecule has 1 aliphatic heterocycles. The van der Waals surface area contributed by atoms with Gasteiger partial charge in [-0.25, -0.2) is 4.99 Å². The van der Waals surface area contributed by atoms with Crippen molar-refractivity contribution in [2.75, 3.05) is 6.54 Å². The summed E-state index contributed by atoms with van der Waals surface area (Å²) < 4.78 is 2.09. The Bertz CT molecular complexity index is 319. The van der Waals surface area contributed by atoms with E-state index in [1.807, 2.05) is 36.8 Å². The quantitative estimate of drug-likeness (QED) is 0.666. The van der Waals surface area contributed by atoms with Crippen molar-refractivity contribution in [3.05, 3.63) is 42.6 Å². The molecule has 1 aromatic carbocycles. The van der Waals surface area contributed by atoms with Crippen LogP contribution in [0, 0.1) is 0 Å². The zero-order valence-corrected chi connectivity index (χ0v) is 7.95. The summed E-state index contributed by atoms with van der Waals surface area (Å²) in [5.74, 6) is 0. The van der Waals surface area contributed by atoms with Gasteiger partial charge in [0.2, 0.25) is 0 Å². The fourth-order valence-corrected chi connectivity index (χ4v) is 1.86. The number of nitrogens with zero attached hydrogens (tertiary/aromatic N) is 2. The molecular formula is C10H10N2S. The van der Waals surface area contributed by atoms with Crippen molar-refractivity contribution in [2.45, 2.75) is 4.90 Å². The lowest BCUT2D eigenvalue weighted by atomic mass is 10.4. The lowest BCUT2D eigenvalue weighted by molar-refractivity contribution is 0.767. The van der Waals surface area contributed by atoms with Crippen LogP contribution in [-0.4, -0.2) is 17.2 Å². The fraction of sp³-hybridized carbons (Fsp3) is 0.100. The van der Waals surface area contributed by atoms with Crippen LogP contribution in [0.15, 0.2) is 52.5 Å². The Balaban J connectivity index is 1.99. The van der Waals surface area contributed by atoms with Crippen LogP contribution < -0.4 is 0 Å². The minimum absolute atomic E-state index is 0.920. The Morgan fingerprint density at radius 2 is 2.08 bits per heavy atom. The molecule has 0 spiro atoms. The van der Waals surface area contributed by atoms with Gasteiger partial charge in [0.25, 0.3) is 0 Å². The summed E-state index contributed by atoms with van der Waals surface area (Å²) in [7, 11) is 0. The SMILES string of the molecule is C1=CN=CN(Sc2ccccc2)C1. The van der Waals surface area contributed by atoms with Gasteiger partial charge in [-0.3, -0.25) is 4.31 Å². The van der Waals surface area contributed by atoms with E-state index >= 15 is 0 Å². The van der Waals surface area contributed by atoms with Crippen LogP contribution in [0.4, 0.5) is 0 Å². The number of hydrogen-bond donors (Lipinski definition) is 0. The van der Waals surface area contributed by atoms with Crippen LogP contribution in [0.5, 0.6) is 0 Å². The first-order valence-corrected chi connectivity index (χ1v) is 4.90. The third-order valence-corrected chi connectivity index (χ3v) is 2.60. The largest absolute Gasteiger partial charge is 0.299 e. The van der Waals surface area contributed by atoms with E-state index in [0.29, 0.717) is 0 Å². The lowest BCUT2D eigenvalue weighted by Gasteiger charge is -2.17. The molecule has 2 rings (SSSR count). The summed E-state index contributed by atoms with van der Waals surface area (Å²) in [6.45, 7) is 0.920. The molecule has 0 aromatic heterocycles. The Morgan fingerprint density at radius 3 is 2.77 bits per heavy atom. The molecule has 0 unspecified atom stereocenters. The standard InChI is InChI=1S/C10H10N2S/c1-2-5-10(6-3-1)13-12-8-4-7-11-9-12/h1-7,9H,8H2. The van der Waals surface area contributed by atoms with Crippen LogP contribution >= 0.6 is 11.9 Å². The van der Waals surface area contributed by atoms with Crippen molar-refractivity contribution >= 4 is 18.3 Å². The molecule has 0 aliphatic carbocycles. The molecule has 0 saturated heterocycles. The molecule has 0 amide bonds. The van der Waals surface area contributed by atoms with Gasteiger partial charge in [-0.2, -0.15) is 0 Å². The average molecular weight is 190 g/mol. The molecule has 66 valence electrons. The van der Waals surface area contributed by atoms with E-state index in [9.17, 15) is 0 Å². The third-order valence-electron chi connectivity index (χ3n) is 1.64. The van der Waals surface area contributed by atoms with E-state index in [4.69, 9.17) is 0 Å². The number of benzene rings is 1. The van der Waals surface area contributed by atoms with Crippen LogP contribution in [0.1, 0.15) is 0 Å². The van der Waals surface area contributed by atoms with Crippen LogP contribution in [0.3, 0.4) is 0 Å². The van der Waals surface area contributed by atoms with Gasteiger partial charge in [0.1, 0.15) is 6.34 Å². The highest BCUT2D eigenvalue weighted by atomic mass is 32.2. The molecule has 2 nitrogen and oxygen atoms in total. The first-order valence-electron chi connectivity index (χ1n) is 4.13. The highest BCUT2D eigenvalue weighted by Crippen LogP contribution is 2.21. The molecule has 0 bridgehead atoms. The molecule has 0 fully saturated rings. The van der Waals surface area contributed by atoms with Crippen LogP contribution in [0.25, 0.3) is 0 Å². The van der Waals surface area contributed by atoms with E-state index in [1.54, 1.807) is 11.9 Å². The number of hydrogen-bond acceptors (Lipinski definition) is 3. The summed E-state index contributed by atoms with van der Waals surface area (Å²) in [5.41, 5.74) is 0. The predicted molar refractivity (Wildman–Crippen MR) is 56.6 cm³/mol. The minimum Gasteiger partial charge on any atom is -0.299 e. The highest BCUT2D eigenvalue weighted by Gasteiger charge is 2.01. The summed E-state index contributed by atoms with van der Waals surface area (Å²) in [6.07, 6.45) is 5.70. The Labute approximate surface area is 82.1 Å². The summed E-state index contributed by atoms with van der Waals surface area (Å²) >= 11 is 1.70. The minimum atomic E-state index is 0.920. The molecule has 0 N–H and O–H groups in total. The summed E-state index contributed by atoms with van der Waals surface area (Å²) in [5, 5.41) is 0. The van der Waals surface area contributed by atoms with E-state index in [1.165, 1.54) is 4.90 Å². The van der Waals surface area contributed by atoms with E-state index in [-0.39, 0.29) is 0 Å². The highest BCUT2D eigenvalue weighted by molar-refractivity contribution is 7.97. The molecule has 1 aromatic rings. The fourth-order valence-electron chi connectivity index (χ4n) is 1.05. The zero-order chi connectivity index (χ0) is 8.93. The van der Waals surface area contributed by atoms with Crippen LogP contribution in [-0.2, 0) is 0 Å². The normalized spacial score (nSPS) is 14.9. The molecule has 3 heteroatoms. The second kappa shape index (κ2) is 4.14. The first-order chi connectivity index (χ1) is 6.45. The van der Waals surface area contributed by atoms with Crippen molar-refractivity contribution in [2.24, 2.45) is 4.99 Å². The zero-order valence-electron chi connectivity index (χ0n) is 7.13. The topological polar surface area (TPSA) is 15.6 Å². The van der Waals surface area contributed by atoms with Crippen molar-refractivity contribution < 1.29 is 0 Å². The van der Waals surface area contributed by atoms with Crippen molar-refractivity contribution in [3.8, 4) is 0 Å². The molecule has 13 heavy (non-hydrogen) atoms. The second-order valence-electron chi connectivity index (χ2n) is 2.65. The molecule has 1 heterocycles. The van der Waals surface area contributed by atoms with Crippen molar-refractivity contribution in [3.63, 3.8) is 0 Å². The predicted octanol–water partition coefficient (Wildman–Crippen LogP) is 2.55. The maximum Gasteiger partial charge on any atom is 0.101 e. The monoisotopic (exact) mass is 190 g/mol. The van der Waals surface area contributed by atoms with Crippen LogP contribution in [0.2, 0.25) is 0 Å². The Morgan fingerprint density at radius 1 is 1.23 bits per heavy atom. The van der Waals surface area contributed by atoms with Gasteiger partial charge in [0, 0.05) is 11.1 Å². The second-order valence-corrected chi connectivity index (χ2v) is 3.78. The number of rotatable bonds is 2. The van der Waals surface area contributed by atoms with Gasteiger partial charge >= 0.3 is 0 Å². The van der Waals surface area contributed by atoms with E-state index < -0.39 is 0 Å². The third kappa shape index (κ3) is 2.36. The Hall–Kier alpha value is -1.22. The van der Waals surface area contributed by atoms with Crippen molar-refractivity contribution in [1.29, 1.82) is 0 Å². The molecule has 0 radical (unpaired) electrons. The lowest BCUT2D eigenvalue weighted by Crippen LogP contribution is -2.14. The molecule has 1 aliphatic rings.